The van der Waals surface area contributed by atoms with Crippen molar-refractivity contribution in [2.24, 2.45) is 5.73 Å². The first-order valence-electron chi connectivity index (χ1n) is 7.76. The maximum absolute atomic E-state index is 11.1. The Labute approximate surface area is 140 Å². The topological polar surface area (TPSA) is 82.8 Å². The highest BCUT2D eigenvalue weighted by molar-refractivity contribution is 5.79. The van der Waals surface area contributed by atoms with Gasteiger partial charge in [0, 0.05) is 12.1 Å². The van der Waals surface area contributed by atoms with Gasteiger partial charge in [-0.05, 0) is 18.6 Å². The van der Waals surface area contributed by atoms with Crippen LogP contribution in [0.4, 0.5) is 0 Å². The Morgan fingerprint density at radius 2 is 1.96 bits per heavy atom. The molecule has 1 aliphatic heterocycles. The second-order valence-corrected chi connectivity index (χ2v) is 5.57. The zero-order valence-electron chi connectivity index (χ0n) is 13.5. The quantitative estimate of drug-likeness (QED) is 0.812. The molecular weight excluding hydrogens is 308 g/mol. The summed E-state index contributed by atoms with van der Waals surface area (Å²) in [6.07, 6.45) is 0. The van der Waals surface area contributed by atoms with Gasteiger partial charge in [0.25, 0.3) is 0 Å². The lowest BCUT2D eigenvalue weighted by atomic mass is 10.1. The van der Waals surface area contributed by atoms with Crippen molar-refractivity contribution in [2.45, 2.75) is 26.1 Å². The Morgan fingerprint density at radius 3 is 2.71 bits per heavy atom. The molecule has 6 nitrogen and oxygen atoms in total. The van der Waals surface area contributed by atoms with Gasteiger partial charge in [-0.3, -0.25) is 4.79 Å². The standard InChI is InChI=1S/C18H20N2O4/c1-12(18(19)21)20-9-14-7-8-15(17-16(14)23-11-24-17)22-10-13-5-3-2-4-6-13/h2-8,12,20H,9-11H2,1H3,(H2,19,21). The average molecular weight is 328 g/mol. The summed E-state index contributed by atoms with van der Waals surface area (Å²) in [5, 5.41) is 3.05. The van der Waals surface area contributed by atoms with Crippen molar-refractivity contribution >= 4 is 5.91 Å². The van der Waals surface area contributed by atoms with Crippen LogP contribution in [0.3, 0.4) is 0 Å². The molecule has 1 unspecified atom stereocenters. The van der Waals surface area contributed by atoms with Gasteiger partial charge in [-0.25, -0.2) is 0 Å². The number of amides is 1. The van der Waals surface area contributed by atoms with E-state index in [1.54, 1.807) is 6.92 Å². The number of hydrogen-bond acceptors (Lipinski definition) is 5. The Bertz CT molecular complexity index is 718. The minimum absolute atomic E-state index is 0.152. The van der Waals surface area contributed by atoms with Gasteiger partial charge in [0.15, 0.2) is 11.5 Å². The number of primary amides is 1. The number of nitrogens with two attached hydrogens (primary N) is 1. The van der Waals surface area contributed by atoms with Crippen LogP contribution in [0.2, 0.25) is 0 Å². The zero-order valence-corrected chi connectivity index (χ0v) is 13.5. The fourth-order valence-corrected chi connectivity index (χ4v) is 2.38. The lowest BCUT2D eigenvalue weighted by molar-refractivity contribution is -0.119. The molecule has 0 saturated carbocycles. The van der Waals surface area contributed by atoms with Crippen LogP contribution in [0.25, 0.3) is 0 Å². The summed E-state index contributed by atoms with van der Waals surface area (Å²) in [5.74, 6) is 1.48. The average Bonchev–Trinajstić information content (AvgIpc) is 3.09. The van der Waals surface area contributed by atoms with E-state index in [0.29, 0.717) is 30.4 Å². The summed E-state index contributed by atoms with van der Waals surface area (Å²) in [7, 11) is 0. The number of benzene rings is 2. The monoisotopic (exact) mass is 328 g/mol. The maximum atomic E-state index is 11.1. The summed E-state index contributed by atoms with van der Waals surface area (Å²) in [6.45, 7) is 2.78. The third-order valence-electron chi connectivity index (χ3n) is 3.83. The summed E-state index contributed by atoms with van der Waals surface area (Å²) in [4.78, 5) is 11.1. The Morgan fingerprint density at radius 1 is 1.21 bits per heavy atom. The number of carbonyl (C=O) groups is 1. The Kier molecular flexibility index (Phi) is 4.86. The molecule has 0 fully saturated rings. The van der Waals surface area contributed by atoms with E-state index in [1.807, 2.05) is 42.5 Å². The number of nitrogens with one attached hydrogen (secondary N) is 1. The molecule has 0 aromatic heterocycles. The first kappa shape index (κ1) is 16.1. The summed E-state index contributed by atoms with van der Waals surface area (Å²) in [5.41, 5.74) is 7.22. The van der Waals surface area contributed by atoms with Crippen LogP contribution in [-0.4, -0.2) is 18.7 Å². The van der Waals surface area contributed by atoms with Gasteiger partial charge in [0.2, 0.25) is 18.4 Å². The normalized spacial score (nSPS) is 13.5. The van der Waals surface area contributed by atoms with Gasteiger partial charge < -0.3 is 25.3 Å². The smallest absolute Gasteiger partial charge is 0.234 e. The van der Waals surface area contributed by atoms with Crippen molar-refractivity contribution in [1.29, 1.82) is 0 Å². The van der Waals surface area contributed by atoms with Crippen LogP contribution in [0.15, 0.2) is 42.5 Å². The lowest BCUT2D eigenvalue weighted by Crippen LogP contribution is -2.38. The van der Waals surface area contributed by atoms with Crippen LogP contribution in [-0.2, 0) is 17.9 Å². The molecule has 3 N–H and O–H groups in total. The van der Waals surface area contributed by atoms with Crippen molar-refractivity contribution in [3.63, 3.8) is 0 Å². The van der Waals surface area contributed by atoms with E-state index >= 15 is 0 Å². The third kappa shape index (κ3) is 3.60. The zero-order chi connectivity index (χ0) is 16.9. The largest absolute Gasteiger partial charge is 0.485 e. The molecular formula is C18H20N2O4. The van der Waals surface area contributed by atoms with Crippen molar-refractivity contribution in [3.8, 4) is 17.2 Å². The van der Waals surface area contributed by atoms with E-state index in [0.717, 1.165) is 11.1 Å². The summed E-state index contributed by atoms with van der Waals surface area (Å²) < 4.78 is 17.0. The number of ether oxygens (including phenoxy) is 3. The Hall–Kier alpha value is -2.73. The number of hydrogen-bond donors (Lipinski definition) is 2. The van der Waals surface area contributed by atoms with Crippen molar-refractivity contribution in [3.05, 3.63) is 53.6 Å². The predicted molar refractivity (Wildman–Crippen MR) is 88.8 cm³/mol. The lowest BCUT2D eigenvalue weighted by Gasteiger charge is -2.14. The predicted octanol–water partition coefficient (Wildman–Crippen LogP) is 1.96. The third-order valence-corrected chi connectivity index (χ3v) is 3.83. The molecule has 2 aromatic rings. The van der Waals surface area contributed by atoms with E-state index in [1.165, 1.54) is 0 Å². The van der Waals surface area contributed by atoms with Gasteiger partial charge in [-0.1, -0.05) is 36.4 Å². The van der Waals surface area contributed by atoms with Crippen LogP contribution in [0.1, 0.15) is 18.1 Å². The van der Waals surface area contributed by atoms with E-state index in [-0.39, 0.29) is 6.79 Å². The second kappa shape index (κ2) is 7.23. The first-order valence-corrected chi connectivity index (χ1v) is 7.76. The molecule has 1 heterocycles. The van der Waals surface area contributed by atoms with E-state index in [4.69, 9.17) is 19.9 Å². The minimum atomic E-state index is -0.419. The maximum Gasteiger partial charge on any atom is 0.234 e. The van der Waals surface area contributed by atoms with Crippen LogP contribution < -0.4 is 25.3 Å². The molecule has 3 rings (SSSR count). The highest BCUT2D eigenvalue weighted by Crippen LogP contribution is 2.43. The van der Waals surface area contributed by atoms with E-state index < -0.39 is 11.9 Å². The molecule has 1 amide bonds. The first-order chi connectivity index (χ1) is 11.6. The highest BCUT2D eigenvalue weighted by atomic mass is 16.7. The van der Waals surface area contributed by atoms with E-state index in [9.17, 15) is 4.79 Å². The molecule has 0 aliphatic carbocycles. The van der Waals surface area contributed by atoms with Crippen molar-refractivity contribution in [1.82, 2.24) is 5.32 Å². The fourth-order valence-electron chi connectivity index (χ4n) is 2.38. The molecule has 6 heteroatoms. The molecule has 1 atom stereocenters. The van der Waals surface area contributed by atoms with Gasteiger partial charge >= 0.3 is 0 Å². The van der Waals surface area contributed by atoms with Crippen molar-refractivity contribution < 1.29 is 19.0 Å². The molecule has 0 bridgehead atoms. The highest BCUT2D eigenvalue weighted by Gasteiger charge is 2.23. The molecule has 0 radical (unpaired) electrons. The van der Waals surface area contributed by atoms with Crippen molar-refractivity contribution in [2.75, 3.05) is 6.79 Å². The molecule has 0 spiro atoms. The molecule has 126 valence electrons. The molecule has 0 saturated heterocycles. The minimum Gasteiger partial charge on any atom is -0.485 e. The van der Waals surface area contributed by atoms with Crippen LogP contribution in [0, 0.1) is 0 Å². The second-order valence-electron chi connectivity index (χ2n) is 5.57. The summed E-state index contributed by atoms with van der Waals surface area (Å²) in [6, 6.07) is 13.2. The SMILES string of the molecule is CC(NCc1ccc(OCc2ccccc2)c2c1OCO2)C(N)=O. The molecule has 24 heavy (non-hydrogen) atoms. The number of rotatable bonds is 7. The van der Waals surface area contributed by atoms with Crippen LogP contribution >= 0.6 is 0 Å². The van der Waals surface area contributed by atoms with Gasteiger partial charge in [0.1, 0.15) is 6.61 Å². The fraction of sp³-hybridized carbons (Fsp3) is 0.278. The van der Waals surface area contributed by atoms with Gasteiger partial charge in [-0.15, -0.1) is 0 Å². The number of fused-ring (bicyclic) bond motifs is 1. The van der Waals surface area contributed by atoms with E-state index in [2.05, 4.69) is 5.32 Å². The Balaban J connectivity index is 1.71. The van der Waals surface area contributed by atoms with Crippen LogP contribution in [0.5, 0.6) is 17.2 Å². The van der Waals surface area contributed by atoms with Gasteiger partial charge in [0.05, 0.1) is 6.04 Å². The summed E-state index contributed by atoms with van der Waals surface area (Å²) >= 11 is 0. The van der Waals surface area contributed by atoms with Gasteiger partial charge in [-0.2, -0.15) is 0 Å². The molecule has 1 aliphatic rings. The molecule has 2 aromatic carbocycles. The number of carbonyl (C=O) groups excluding carboxylic acids is 1.